The van der Waals surface area contributed by atoms with E-state index in [1.807, 2.05) is 24.3 Å². The van der Waals surface area contributed by atoms with Crippen LogP contribution in [0.2, 0.25) is 0 Å². The van der Waals surface area contributed by atoms with Crippen molar-refractivity contribution in [1.82, 2.24) is 4.98 Å². The summed E-state index contributed by atoms with van der Waals surface area (Å²) in [6.45, 7) is 1.34. The second-order valence-corrected chi connectivity index (χ2v) is 7.08. The number of pyridine rings is 1. The predicted molar refractivity (Wildman–Crippen MR) is 106 cm³/mol. The third kappa shape index (κ3) is 2.91. The maximum absolute atomic E-state index is 13.7. The van der Waals surface area contributed by atoms with Crippen LogP contribution in [0.25, 0.3) is 31.1 Å². The molecule has 2 heterocycles. The van der Waals surface area contributed by atoms with Gasteiger partial charge in [0.2, 0.25) is 0 Å². The molecule has 0 saturated carbocycles. The second kappa shape index (κ2) is 6.97. The molecule has 0 spiro atoms. The molecule has 0 atom stereocenters. The molecule has 2 aromatic heterocycles. The number of benzene rings is 2. The van der Waals surface area contributed by atoms with E-state index in [4.69, 9.17) is 9.72 Å². The summed E-state index contributed by atoms with van der Waals surface area (Å²) in [6, 6.07) is 11.9. The van der Waals surface area contributed by atoms with Gasteiger partial charge in [0.1, 0.15) is 11.6 Å². The number of hydrogen-bond donors (Lipinski definition) is 1. The zero-order chi connectivity index (χ0) is 18.1. The Hall–Kier alpha value is -2.57. The Labute approximate surface area is 153 Å². The molecule has 4 nitrogen and oxygen atoms in total. The average molecular weight is 368 g/mol. The molecular formula is C20H17FN2O2S. The van der Waals surface area contributed by atoms with E-state index >= 15 is 0 Å². The van der Waals surface area contributed by atoms with E-state index < -0.39 is 5.82 Å². The molecule has 132 valence electrons. The molecule has 0 saturated heterocycles. The standard InChI is InChI=1S/C20H17FN2O2S/c1-25-10-4-9-22-20-19-17(13-5-2-3-6-15(13)23-20)18(24)14-11-12(21)7-8-16(14)26-19/h2-3,5-8,11H,4,9-10H2,1H3,(H,22,23). The smallest absolute Gasteiger partial charge is 0.196 e. The Bertz CT molecular complexity index is 1170. The maximum atomic E-state index is 13.7. The zero-order valence-corrected chi connectivity index (χ0v) is 15.0. The van der Waals surface area contributed by atoms with Gasteiger partial charge >= 0.3 is 0 Å². The second-order valence-electron chi connectivity index (χ2n) is 6.03. The van der Waals surface area contributed by atoms with Crippen LogP contribution in [0.3, 0.4) is 0 Å². The monoisotopic (exact) mass is 368 g/mol. The number of rotatable bonds is 5. The Balaban J connectivity index is 2.02. The summed E-state index contributed by atoms with van der Waals surface area (Å²) in [5.41, 5.74) is 0.584. The fourth-order valence-electron chi connectivity index (χ4n) is 3.08. The maximum Gasteiger partial charge on any atom is 0.196 e. The van der Waals surface area contributed by atoms with Crippen LogP contribution in [0.4, 0.5) is 10.2 Å². The first-order valence-corrected chi connectivity index (χ1v) is 9.18. The quantitative estimate of drug-likeness (QED) is 0.319. The van der Waals surface area contributed by atoms with Crippen molar-refractivity contribution in [3.05, 3.63) is 58.5 Å². The van der Waals surface area contributed by atoms with Gasteiger partial charge in [-0.2, -0.15) is 0 Å². The highest BCUT2D eigenvalue weighted by atomic mass is 32.1. The fourth-order valence-corrected chi connectivity index (χ4v) is 4.21. The lowest BCUT2D eigenvalue weighted by atomic mass is 10.1. The van der Waals surface area contributed by atoms with Crippen molar-refractivity contribution in [3.63, 3.8) is 0 Å². The van der Waals surface area contributed by atoms with Crippen LogP contribution < -0.4 is 10.7 Å². The van der Waals surface area contributed by atoms with Gasteiger partial charge in [-0.15, -0.1) is 11.3 Å². The Kier molecular flexibility index (Phi) is 4.53. The molecule has 4 aromatic rings. The average Bonchev–Trinajstić information content (AvgIpc) is 2.66. The fraction of sp³-hybridized carbons (Fsp3) is 0.200. The summed E-state index contributed by atoms with van der Waals surface area (Å²) in [7, 11) is 1.67. The van der Waals surface area contributed by atoms with E-state index in [9.17, 15) is 9.18 Å². The van der Waals surface area contributed by atoms with Gasteiger partial charge in [-0.25, -0.2) is 9.37 Å². The highest BCUT2D eigenvalue weighted by molar-refractivity contribution is 7.25. The van der Waals surface area contributed by atoms with Gasteiger partial charge in [-0.05, 0) is 30.7 Å². The number of para-hydroxylation sites is 1. The molecular weight excluding hydrogens is 351 g/mol. The van der Waals surface area contributed by atoms with Crippen LogP contribution in [0.1, 0.15) is 6.42 Å². The molecule has 0 bridgehead atoms. The van der Waals surface area contributed by atoms with E-state index in [1.54, 1.807) is 13.2 Å². The number of methoxy groups -OCH3 is 1. The molecule has 0 unspecified atom stereocenters. The highest BCUT2D eigenvalue weighted by Crippen LogP contribution is 2.34. The first kappa shape index (κ1) is 16.9. The summed E-state index contributed by atoms with van der Waals surface area (Å²) in [6.07, 6.45) is 0.834. The summed E-state index contributed by atoms with van der Waals surface area (Å²) < 4.78 is 20.3. The molecule has 26 heavy (non-hydrogen) atoms. The van der Waals surface area contributed by atoms with E-state index in [0.717, 1.165) is 26.7 Å². The lowest BCUT2D eigenvalue weighted by Gasteiger charge is -2.11. The Morgan fingerprint density at radius 2 is 2.04 bits per heavy atom. The number of nitrogens with zero attached hydrogens (tertiary/aromatic N) is 1. The number of aromatic nitrogens is 1. The normalized spacial score (nSPS) is 11.5. The molecule has 0 aliphatic heterocycles. The van der Waals surface area contributed by atoms with Crippen molar-refractivity contribution < 1.29 is 9.13 Å². The Morgan fingerprint density at radius 1 is 1.19 bits per heavy atom. The number of nitrogens with one attached hydrogen (secondary N) is 1. The summed E-state index contributed by atoms with van der Waals surface area (Å²) in [4.78, 5) is 17.9. The molecule has 1 N–H and O–H groups in total. The number of ether oxygens (including phenoxy) is 1. The largest absolute Gasteiger partial charge is 0.385 e. The lowest BCUT2D eigenvalue weighted by Crippen LogP contribution is -2.09. The van der Waals surface area contributed by atoms with Crippen LogP contribution >= 0.6 is 11.3 Å². The van der Waals surface area contributed by atoms with Crippen molar-refractivity contribution >= 4 is 48.2 Å². The van der Waals surface area contributed by atoms with E-state index in [0.29, 0.717) is 29.7 Å². The van der Waals surface area contributed by atoms with Gasteiger partial charge in [-0.1, -0.05) is 18.2 Å². The van der Waals surface area contributed by atoms with E-state index in [1.165, 1.54) is 23.5 Å². The van der Waals surface area contributed by atoms with Gasteiger partial charge in [0.25, 0.3) is 0 Å². The van der Waals surface area contributed by atoms with E-state index in [-0.39, 0.29) is 5.43 Å². The van der Waals surface area contributed by atoms with Crippen molar-refractivity contribution in [2.75, 3.05) is 25.6 Å². The van der Waals surface area contributed by atoms with E-state index in [2.05, 4.69) is 5.32 Å². The van der Waals surface area contributed by atoms with Crippen LogP contribution in [-0.2, 0) is 4.74 Å². The van der Waals surface area contributed by atoms with Crippen molar-refractivity contribution in [3.8, 4) is 0 Å². The topological polar surface area (TPSA) is 51.2 Å². The summed E-state index contributed by atoms with van der Waals surface area (Å²) in [5.74, 6) is 0.278. The minimum absolute atomic E-state index is 0.160. The first-order chi connectivity index (χ1) is 12.7. The van der Waals surface area contributed by atoms with Gasteiger partial charge in [0.15, 0.2) is 5.43 Å². The highest BCUT2D eigenvalue weighted by Gasteiger charge is 2.15. The predicted octanol–water partition coefficient (Wildman–Crippen LogP) is 4.55. The molecule has 0 aliphatic carbocycles. The molecule has 0 radical (unpaired) electrons. The number of hydrogen-bond acceptors (Lipinski definition) is 5. The van der Waals surface area contributed by atoms with Crippen LogP contribution in [0, 0.1) is 5.82 Å². The van der Waals surface area contributed by atoms with Crippen molar-refractivity contribution in [2.24, 2.45) is 0 Å². The third-order valence-electron chi connectivity index (χ3n) is 4.29. The molecule has 4 rings (SSSR count). The molecule has 0 fully saturated rings. The number of fused-ring (bicyclic) bond motifs is 4. The van der Waals surface area contributed by atoms with Crippen molar-refractivity contribution in [2.45, 2.75) is 6.42 Å². The SMILES string of the molecule is COCCCNc1nc2ccccc2c2c(=O)c3cc(F)ccc3sc12. The zero-order valence-electron chi connectivity index (χ0n) is 14.2. The molecule has 0 amide bonds. The lowest BCUT2D eigenvalue weighted by molar-refractivity contribution is 0.198. The van der Waals surface area contributed by atoms with Gasteiger partial charge in [-0.3, -0.25) is 4.79 Å². The number of halogens is 1. The van der Waals surface area contributed by atoms with Gasteiger partial charge in [0.05, 0.1) is 15.6 Å². The third-order valence-corrected chi connectivity index (χ3v) is 5.47. The van der Waals surface area contributed by atoms with Crippen LogP contribution in [-0.4, -0.2) is 25.2 Å². The van der Waals surface area contributed by atoms with Crippen LogP contribution in [0.15, 0.2) is 47.3 Å². The molecule has 0 aliphatic rings. The number of anilines is 1. The minimum atomic E-state index is -0.405. The van der Waals surface area contributed by atoms with Gasteiger partial charge in [0, 0.05) is 35.7 Å². The van der Waals surface area contributed by atoms with Gasteiger partial charge < -0.3 is 10.1 Å². The minimum Gasteiger partial charge on any atom is -0.385 e. The summed E-state index contributed by atoms with van der Waals surface area (Å²) in [5, 5.41) is 5.11. The molecule has 6 heteroatoms. The van der Waals surface area contributed by atoms with Crippen LogP contribution in [0.5, 0.6) is 0 Å². The Morgan fingerprint density at radius 3 is 2.88 bits per heavy atom. The van der Waals surface area contributed by atoms with Crippen molar-refractivity contribution in [1.29, 1.82) is 0 Å². The summed E-state index contributed by atoms with van der Waals surface area (Å²) >= 11 is 1.46. The first-order valence-electron chi connectivity index (χ1n) is 8.36. The molecule has 2 aromatic carbocycles.